The molecular formula is C25H27Cl2F2N3O3. The van der Waals surface area contributed by atoms with Gasteiger partial charge in [0.15, 0.2) is 0 Å². The zero-order valence-corrected chi connectivity index (χ0v) is 21.5. The van der Waals surface area contributed by atoms with Gasteiger partial charge in [0.2, 0.25) is 0 Å². The molecule has 2 aromatic carbocycles. The van der Waals surface area contributed by atoms with E-state index >= 15 is 8.78 Å². The van der Waals surface area contributed by atoms with Crippen molar-refractivity contribution in [2.75, 3.05) is 32.0 Å². The lowest BCUT2D eigenvalue weighted by molar-refractivity contribution is 0.0286. The predicted octanol–water partition coefficient (Wildman–Crippen LogP) is 5.85. The number of likely N-dealkylation sites (tertiary alicyclic amines) is 1. The Morgan fingerprint density at radius 3 is 2.54 bits per heavy atom. The van der Waals surface area contributed by atoms with Crippen LogP contribution in [0, 0.1) is 11.6 Å². The lowest BCUT2D eigenvalue weighted by Gasteiger charge is -2.34. The Bertz CT molecular complexity index is 1200. The summed E-state index contributed by atoms with van der Waals surface area (Å²) in [5.41, 5.74) is -1.03. The first-order chi connectivity index (χ1) is 16.3. The highest BCUT2D eigenvalue weighted by Crippen LogP contribution is 2.43. The molecule has 0 aliphatic carbocycles. The molecule has 188 valence electrons. The third kappa shape index (κ3) is 4.91. The predicted molar refractivity (Wildman–Crippen MR) is 131 cm³/mol. The van der Waals surface area contributed by atoms with E-state index < -0.39 is 28.9 Å². The molecule has 1 fully saturated rings. The second-order valence-corrected chi connectivity index (χ2v) is 10.8. The number of benzene rings is 2. The summed E-state index contributed by atoms with van der Waals surface area (Å²) >= 11 is 12.7. The van der Waals surface area contributed by atoms with E-state index in [2.05, 4.69) is 5.32 Å². The van der Waals surface area contributed by atoms with Gasteiger partial charge in [0.25, 0.3) is 5.91 Å². The minimum Gasteiger partial charge on any atom is -0.444 e. The number of carbonyl (C=O) groups is 2. The Balaban J connectivity index is 1.78. The number of nitrogens with one attached hydrogen (secondary N) is 1. The number of anilines is 1. The van der Waals surface area contributed by atoms with Crippen LogP contribution < -0.4 is 5.32 Å². The number of carbonyl (C=O) groups excluding carboxylic acids is 2. The third-order valence-electron chi connectivity index (χ3n) is 6.30. The molecule has 0 saturated carbocycles. The van der Waals surface area contributed by atoms with E-state index in [9.17, 15) is 9.59 Å². The van der Waals surface area contributed by atoms with E-state index in [4.69, 9.17) is 27.9 Å². The van der Waals surface area contributed by atoms with Gasteiger partial charge >= 0.3 is 6.09 Å². The molecule has 4 rings (SSSR count). The summed E-state index contributed by atoms with van der Waals surface area (Å²) in [6, 6.07) is 5.40. The van der Waals surface area contributed by atoms with Crippen molar-refractivity contribution in [3.63, 3.8) is 0 Å². The first-order valence-corrected chi connectivity index (χ1v) is 12.0. The number of likely N-dealkylation sites (N-methyl/N-ethyl adjacent to an activating group) is 1. The van der Waals surface area contributed by atoms with Gasteiger partial charge in [0.05, 0.1) is 22.1 Å². The maximum atomic E-state index is 15.2. The van der Waals surface area contributed by atoms with E-state index in [0.717, 1.165) is 0 Å². The molecule has 35 heavy (non-hydrogen) atoms. The summed E-state index contributed by atoms with van der Waals surface area (Å²) in [5.74, 6) is -1.44. The molecule has 1 atom stereocenters. The maximum absolute atomic E-state index is 15.2. The highest BCUT2D eigenvalue weighted by atomic mass is 35.5. The number of rotatable bonds is 3. The first-order valence-electron chi connectivity index (χ1n) is 11.3. The van der Waals surface area contributed by atoms with E-state index in [0.29, 0.717) is 18.5 Å². The molecule has 1 N–H and O–H groups in total. The van der Waals surface area contributed by atoms with Crippen molar-refractivity contribution < 1.29 is 23.1 Å². The van der Waals surface area contributed by atoms with Crippen LogP contribution in [0.4, 0.5) is 19.3 Å². The minimum absolute atomic E-state index is 0.000512. The Morgan fingerprint density at radius 1 is 1.14 bits per heavy atom. The van der Waals surface area contributed by atoms with Crippen LogP contribution in [-0.4, -0.2) is 54.1 Å². The summed E-state index contributed by atoms with van der Waals surface area (Å²) in [7, 11) is 1.65. The van der Waals surface area contributed by atoms with Gasteiger partial charge in [-0.2, -0.15) is 0 Å². The normalized spacial score (nSPS) is 20.2. The number of nitrogens with zero attached hydrogens (tertiary/aromatic N) is 2. The average Bonchev–Trinajstić information content (AvgIpc) is 3.17. The molecule has 1 unspecified atom stereocenters. The molecule has 0 spiro atoms. The van der Waals surface area contributed by atoms with Crippen LogP contribution in [0.3, 0.4) is 0 Å². The van der Waals surface area contributed by atoms with Gasteiger partial charge in [0.1, 0.15) is 17.2 Å². The molecule has 2 aliphatic heterocycles. The Labute approximate surface area is 213 Å². The third-order valence-corrected chi connectivity index (χ3v) is 7.10. The van der Waals surface area contributed by atoms with Crippen LogP contribution in [0.1, 0.15) is 48.7 Å². The van der Waals surface area contributed by atoms with E-state index in [1.807, 2.05) is 0 Å². The van der Waals surface area contributed by atoms with Crippen LogP contribution in [0.15, 0.2) is 24.3 Å². The number of amides is 2. The molecule has 6 nitrogen and oxygen atoms in total. The number of hydrogen-bond acceptors (Lipinski definition) is 4. The highest BCUT2D eigenvalue weighted by Gasteiger charge is 2.46. The van der Waals surface area contributed by atoms with Gasteiger partial charge < -0.3 is 19.9 Å². The molecule has 0 radical (unpaired) electrons. The zero-order chi connectivity index (χ0) is 25.7. The molecule has 2 heterocycles. The summed E-state index contributed by atoms with van der Waals surface area (Å²) in [4.78, 5) is 28.5. The fourth-order valence-electron chi connectivity index (χ4n) is 4.64. The van der Waals surface area contributed by atoms with Gasteiger partial charge in [-0.3, -0.25) is 4.79 Å². The zero-order valence-electron chi connectivity index (χ0n) is 20.0. The largest absolute Gasteiger partial charge is 0.444 e. The van der Waals surface area contributed by atoms with Crippen LogP contribution in [-0.2, 0) is 16.7 Å². The average molecular weight is 526 g/mol. The van der Waals surface area contributed by atoms with Crippen LogP contribution in [0.25, 0.3) is 0 Å². The number of halogens is 4. The molecule has 0 aromatic heterocycles. The van der Waals surface area contributed by atoms with Crippen LogP contribution >= 0.6 is 23.2 Å². The van der Waals surface area contributed by atoms with Gasteiger partial charge in [-0.25, -0.2) is 13.6 Å². The molecule has 10 heteroatoms. The van der Waals surface area contributed by atoms with Gasteiger partial charge in [0, 0.05) is 42.5 Å². The van der Waals surface area contributed by atoms with Gasteiger partial charge in [-0.1, -0.05) is 23.2 Å². The van der Waals surface area contributed by atoms with Gasteiger partial charge in [-0.15, -0.1) is 0 Å². The quantitative estimate of drug-likeness (QED) is 0.510. The molecule has 0 bridgehead atoms. The number of fused-ring (bicyclic) bond motifs is 1. The maximum Gasteiger partial charge on any atom is 0.410 e. The van der Waals surface area contributed by atoms with Crippen LogP contribution in [0.5, 0.6) is 0 Å². The smallest absolute Gasteiger partial charge is 0.410 e. The van der Waals surface area contributed by atoms with E-state index in [1.165, 1.54) is 28.0 Å². The summed E-state index contributed by atoms with van der Waals surface area (Å²) in [6.45, 7) is 5.91. The fraction of sp³-hybridized carbons (Fsp3) is 0.440. The van der Waals surface area contributed by atoms with Crippen molar-refractivity contribution in [1.82, 2.24) is 9.80 Å². The van der Waals surface area contributed by atoms with Crippen molar-refractivity contribution in [3.05, 3.63) is 62.6 Å². The van der Waals surface area contributed by atoms with Crippen molar-refractivity contribution in [2.45, 2.75) is 44.8 Å². The Morgan fingerprint density at radius 2 is 1.86 bits per heavy atom. The molecule has 2 amide bonds. The molecule has 2 aliphatic rings. The first kappa shape index (κ1) is 25.5. The lowest BCUT2D eigenvalue weighted by atomic mass is 9.87. The number of hydrogen-bond donors (Lipinski definition) is 1. The van der Waals surface area contributed by atoms with Crippen molar-refractivity contribution in [2.24, 2.45) is 0 Å². The van der Waals surface area contributed by atoms with Gasteiger partial charge in [-0.05, 0) is 57.9 Å². The number of ether oxygens (including phenoxy) is 1. The highest BCUT2D eigenvalue weighted by molar-refractivity contribution is 6.42. The van der Waals surface area contributed by atoms with Crippen molar-refractivity contribution >= 4 is 40.9 Å². The lowest BCUT2D eigenvalue weighted by Crippen LogP contribution is -2.42. The topological polar surface area (TPSA) is 61.9 Å². The summed E-state index contributed by atoms with van der Waals surface area (Å²) < 4.78 is 35.8. The van der Waals surface area contributed by atoms with Crippen molar-refractivity contribution in [3.8, 4) is 0 Å². The monoisotopic (exact) mass is 525 g/mol. The van der Waals surface area contributed by atoms with Crippen LogP contribution in [0.2, 0.25) is 10.0 Å². The summed E-state index contributed by atoms with van der Waals surface area (Å²) in [5, 5.41) is 3.36. The van der Waals surface area contributed by atoms with E-state index in [1.54, 1.807) is 33.9 Å². The fourth-order valence-corrected chi connectivity index (χ4v) is 5.13. The Kier molecular flexibility index (Phi) is 6.66. The van der Waals surface area contributed by atoms with Crippen molar-refractivity contribution in [1.29, 1.82) is 0 Å². The summed E-state index contributed by atoms with van der Waals surface area (Å²) in [6.07, 6.45) is 0.0827. The standard InChI is InChI=1S/C25H27Cl2F2N3O3/c1-24(2,3)35-23(34)32-10-8-25(13-32,20-18(28)6-5-17(26)21(20)27)30-14-11-16-15(19(29)12-14)7-9-31(4)22(16)33/h5-6,11-12,30H,7-10,13H2,1-4H3. The minimum atomic E-state index is -1.24. The van der Waals surface area contributed by atoms with E-state index in [-0.39, 0.29) is 52.3 Å². The molecular weight excluding hydrogens is 499 g/mol. The second-order valence-electron chi connectivity index (χ2n) is 10.0. The SMILES string of the molecule is CN1CCc2c(F)cc(NC3(c4c(F)ccc(Cl)c4Cl)CCN(C(=O)OC(C)(C)C)C3)cc2C1=O. The molecule has 1 saturated heterocycles. The Hall–Kier alpha value is -2.58. The second kappa shape index (κ2) is 9.13. The molecule has 2 aromatic rings.